The van der Waals surface area contributed by atoms with Gasteiger partial charge in [0, 0.05) is 16.7 Å². The monoisotopic (exact) mass is 909 g/mol. The summed E-state index contributed by atoms with van der Waals surface area (Å²) in [7, 11) is 0. The molecule has 69 heavy (non-hydrogen) atoms. The summed E-state index contributed by atoms with van der Waals surface area (Å²) in [4.78, 5) is 0. The number of thioether (sulfide) groups is 1. The fraction of sp³-hybridized carbons (Fsp3) is 0.179. The maximum Gasteiger partial charge on any atom is 0.0948 e. The Kier molecular flexibility index (Phi) is 11.5. The number of hydrogen-bond donors (Lipinski definition) is 1. The molecule has 6 aromatic carbocycles. The van der Waals surface area contributed by atoms with Crippen molar-refractivity contribution in [2.75, 3.05) is 0 Å². The third kappa shape index (κ3) is 6.55. The summed E-state index contributed by atoms with van der Waals surface area (Å²) in [5.41, 5.74) is 22.5. The van der Waals surface area contributed by atoms with Crippen LogP contribution in [0, 0.1) is 5.41 Å². The Hall–Kier alpha value is -7.00. The molecule has 338 valence electrons. The molecular formula is C67H59NS. The molecule has 5 aliphatic carbocycles. The Balaban J connectivity index is 1.21. The van der Waals surface area contributed by atoms with Crippen molar-refractivity contribution in [3.63, 3.8) is 0 Å². The molecule has 1 N–H and O–H groups in total. The third-order valence-corrected chi connectivity index (χ3v) is 16.6. The van der Waals surface area contributed by atoms with Gasteiger partial charge in [0.1, 0.15) is 0 Å². The van der Waals surface area contributed by atoms with Crippen LogP contribution < -0.4 is 0 Å². The predicted octanol–water partition coefficient (Wildman–Crippen LogP) is 18.0. The summed E-state index contributed by atoms with van der Waals surface area (Å²) in [6, 6.07) is 43.8. The summed E-state index contributed by atoms with van der Waals surface area (Å²) in [5, 5.41) is 12.1. The molecule has 2 heteroatoms. The molecule has 0 fully saturated rings. The zero-order valence-corrected chi connectivity index (χ0v) is 41.1. The van der Waals surface area contributed by atoms with Crippen LogP contribution in [0.5, 0.6) is 0 Å². The predicted molar refractivity (Wildman–Crippen MR) is 299 cm³/mol. The minimum absolute atomic E-state index is 0.167. The fourth-order valence-corrected chi connectivity index (χ4v) is 13.8. The van der Waals surface area contributed by atoms with Crippen molar-refractivity contribution in [3.8, 4) is 22.3 Å². The first-order valence-electron chi connectivity index (χ1n) is 24.8. The van der Waals surface area contributed by atoms with Gasteiger partial charge in [-0.05, 0) is 158 Å². The molecule has 0 aliphatic heterocycles. The Morgan fingerprint density at radius 1 is 0.768 bits per heavy atom. The van der Waals surface area contributed by atoms with E-state index in [1.807, 2.05) is 6.08 Å². The van der Waals surface area contributed by atoms with Gasteiger partial charge in [0.25, 0.3) is 0 Å². The first-order valence-corrected chi connectivity index (χ1v) is 25.7. The lowest BCUT2D eigenvalue weighted by molar-refractivity contribution is 0.577. The Morgan fingerprint density at radius 2 is 1.45 bits per heavy atom. The van der Waals surface area contributed by atoms with E-state index in [-0.39, 0.29) is 5.25 Å². The van der Waals surface area contributed by atoms with Gasteiger partial charge in [-0.15, -0.1) is 0 Å². The zero-order chi connectivity index (χ0) is 47.4. The van der Waals surface area contributed by atoms with Crippen molar-refractivity contribution in [1.82, 2.24) is 0 Å². The van der Waals surface area contributed by atoms with Gasteiger partial charge < -0.3 is 0 Å². The maximum absolute atomic E-state index is 8.95. The van der Waals surface area contributed by atoms with Crippen LogP contribution in [0.3, 0.4) is 0 Å². The zero-order valence-electron chi connectivity index (χ0n) is 40.3. The highest BCUT2D eigenvalue weighted by molar-refractivity contribution is 8.14. The van der Waals surface area contributed by atoms with Crippen LogP contribution in [0.15, 0.2) is 218 Å². The highest BCUT2D eigenvalue weighted by atomic mass is 32.2. The molecule has 0 saturated heterocycles. The average molecular weight is 910 g/mol. The van der Waals surface area contributed by atoms with Crippen LogP contribution in [-0.4, -0.2) is 10.3 Å². The first-order chi connectivity index (χ1) is 33.8. The van der Waals surface area contributed by atoms with Gasteiger partial charge in [-0.25, -0.2) is 0 Å². The van der Waals surface area contributed by atoms with Gasteiger partial charge in [0.2, 0.25) is 0 Å². The van der Waals surface area contributed by atoms with Gasteiger partial charge in [0.15, 0.2) is 0 Å². The minimum atomic E-state index is -0.475. The number of nitrogens with one attached hydrogen (secondary N) is 1. The highest BCUT2D eigenvalue weighted by Crippen LogP contribution is 2.71. The molecule has 6 aromatic rings. The maximum atomic E-state index is 8.95. The molecule has 0 heterocycles. The third-order valence-electron chi connectivity index (χ3n) is 15.6. The topological polar surface area (TPSA) is 23.9 Å². The highest BCUT2D eigenvalue weighted by Gasteiger charge is 2.62. The first kappa shape index (κ1) is 44.5. The van der Waals surface area contributed by atoms with Crippen LogP contribution in [0.1, 0.15) is 109 Å². The van der Waals surface area contributed by atoms with Gasteiger partial charge in [-0.2, -0.15) is 0 Å². The fourth-order valence-electron chi connectivity index (χ4n) is 13.0. The van der Waals surface area contributed by atoms with Crippen molar-refractivity contribution in [3.05, 3.63) is 268 Å². The van der Waals surface area contributed by atoms with Crippen molar-refractivity contribution < 1.29 is 0 Å². The molecular weight excluding hydrogens is 851 g/mol. The molecule has 0 bridgehead atoms. The lowest BCUT2D eigenvalue weighted by atomic mass is 9.49. The van der Waals surface area contributed by atoms with E-state index in [9.17, 15) is 0 Å². The molecule has 5 aliphatic rings. The van der Waals surface area contributed by atoms with E-state index in [0.717, 1.165) is 53.5 Å². The van der Waals surface area contributed by atoms with E-state index >= 15 is 0 Å². The SMILES string of the molecule is C=C/C=C\C(C)SC(=N)c1ccc(-c2c(C=C)c(/C=C\C)c(-c3ccc4c(c3)C3(C5=CCCC=C5C45C(C)=C(/C=C\CC)c4ccccc45)C4=CC=CCC4c4ccccc43)c3ccccc23)cc1. The van der Waals surface area contributed by atoms with E-state index in [2.05, 4.69) is 223 Å². The molecule has 0 radical (unpaired) electrons. The Morgan fingerprint density at radius 3 is 2.17 bits per heavy atom. The van der Waals surface area contributed by atoms with Gasteiger partial charge in [-0.1, -0.05) is 220 Å². The summed E-state index contributed by atoms with van der Waals surface area (Å²) in [6.07, 6.45) is 33.6. The van der Waals surface area contributed by atoms with Gasteiger partial charge in [0.05, 0.1) is 15.9 Å². The summed E-state index contributed by atoms with van der Waals surface area (Å²) in [6.45, 7) is 17.2. The van der Waals surface area contributed by atoms with Crippen LogP contribution >= 0.6 is 11.8 Å². The lowest BCUT2D eigenvalue weighted by Crippen LogP contribution is -2.46. The minimum Gasteiger partial charge on any atom is -0.293 e. The molecule has 0 saturated carbocycles. The van der Waals surface area contributed by atoms with Crippen molar-refractivity contribution in [2.45, 2.75) is 75.4 Å². The van der Waals surface area contributed by atoms with Crippen molar-refractivity contribution >= 4 is 45.3 Å². The van der Waals surface area contributed by atoms with E-state index < -0.39 is 10.8 Å². The van der Waals surface area contributed by atoms with Crippen LogP contribution in [0.4, 0.5) is 0 Å². The second-order valence-corrected chi connectivity index (χ2v) is 20.5. The van der Waals surface area contributed by atoms with Crippen LogP contribution in [0.2, 0.25) is 0 Å². The van der Waals surface area contributed by atoms with Gasteiger partial charge in [-0.3, -0.25) is 5.41 Å². The second kappa shape index (κ2) is 17.8. The molecule has 2 spiro atoms. The van der Waals surface area contributed by atoms with E-state index in [4.69, 9.17) is 5.41 Å². The Labute approximate surface area is 413 Å². The number of benzene rings is 6. The largest absolute Gasteiger partial charge is 0.293 e. The number of rotatable bonds is 10. The summed E-state index contributed by atoms with van der Waals surface area (Å²) >= 11 is 1.55. The molecule has 1 nitrogen and oxygen atoms in total. The van der Waals surface area contributed by atoms with E-state index in [1.54, 1.807) is 17.8 Å². The average Bonchev–Trinajstić information content (AvgIpc) is 3.82. The normalized spacial score (nSPS) is 21.3. The van der Waals surface area contributed by atoms with Crippen molar-refractivity contribution in [1.29, 1.82) is 5.41 Å². The standard InChI is InChI=1S/C67H59NS/c1-7-11-24-43(5)69-65(68)46-38-36-45(37-39-46)63-48(10-4)53(23-9-3)64(55-30-14-13-29-54(55)63)47-40-41-61-62(42-47)67(57-32-19-16-27-51(57)52-28-17-20-33-58(52)67)60-35-22-21-34-59(60)66(61)44(6)49(25-12-8-2)50-26-15-18-31-56(50)66/h7,9-20,23-27,29-43,52,68H,1,4,8,21-22,28H2,2-3,5-6H3/b23-9-,24-11-,25-12-,68-65?. The van der Waals surface area contributed by atoms with Crippen LogP contribution in [0.25, 0.3) is 50.8 Å². The van der Waals surface area contributed by atoms with Crippen molar-refractivity contribution in [2.24, 2.45) is 0 Å². The molecule has 0 aromatic heterocycles. The Bertz CT molecular complexity index is 3410. The molecule has 11 rings (SSSR count). The molecule has 4 atom stereocenters. The molecule has 4 unspecified atom stereocenters. The van der Waals surface area contributed by atoms with Gasteiger partial charge >= 0.3 is 0 Å². The summed E-state index contributed by atoms with van der Waals surface area (Å²) < 4.78 is 0. The molecule has 0 amide bonds. The smallest absolute Gasteiger partial charge is 0.0948 e. The quantitative estimate of drug-likeness (QED) is 0.0826. The lowest BCUT2D eigenvalue weighted by Gasteiger charge is -2.53. The van der Waals surface area contributed by atoms with Crippen LogP contribution in [-0.2, 0) is 10.8 Å². The number of allylic oxidation sites excluding steroid dienone is 15. The summed E-state index contributed by atoms with van der Waals surface area (Å²) in [5.74, 6) is 0.300. The van der Waals surface area contributed by atoms with E-state index in [0.29, 0.717) is 11.0 Å². The number of hydrogen-bond acceptors (Lipinski definition) is 2. The van der Waals surface area contributed by atoms with E-state index in [1.165, 1.54) is 83.1 Å². The number of fused-ring (bicyclic) bond motifs is 14. The second-order valence-electron chi connectivity index (χ2n) is 19.1.